The molecule has 2 N–H and O–H groups in total. The Labute approximate surface area is 85.6 Å². The monoisotopic (exact) mass is 221 g/mol. The first-order valence-corrected chi connectivity index (χ1v) is 6.97. The van der Waals surface area contributed by atoms with Gasteiger partial charge in [-0.25, -0.2) is 8.42 Å². The molecule has 0 radical (unpaired) electrons. The smallest absolute Gasteiger partial charge is 0.151 e. The van der Waals surface area contributed by atoms with Crippen LogP contribution in [0.4, 0.5) is 0 Å². The summed E-state index contributed by atoms with van der Waals surface area (Å²) < 4.78 is 22.2. The van der Waals surface area contributed by atoms with Crippen molar-refractivity contribution < 1.29 is 13.5 Å². The van der Waals surface area contributed by atoms with Crippen molar-refractivity contribution in [1.82, 2.24) is 5.32 Å². The van der Waals surface area contributed by atoms with E-state index in [2.05, 4.69) is 5.32 Å². The molecule has 1 rings (SSSR count). The van der Waals surface area contributed by atoms with Crippen LogP contribution in [0.25, 0.3) is 0 Å². The van der Waals surface area contributed by atoms with Crippen LogP contribution in [0.15, 0.2) is 0 Å². The third kappa shape index (κ3) is 3.94. The van der Waals surface area contributed by atoms with Crippen LogP contribution in [-0.4, -0.2) is 43.7 Å². The number of hydrogen-bond donors (Lipinski definition) is 2. The van der Waals surface area contributed by atoms with Gasteiger partial charge in [0.15, 0.2) is 9.84 Å². The molecule has 14 heavy (non-hydrogen) atoms. The maximum atomic E-state index is 11.1. The van der Waals surface area contributed by atoms with E-state index in [1.165, 1.54) is 0 Å². The maximum absolute atomic E-state index is 11.1. The van der Waals surface area contributed by atoms with E-state index >= 15 is 0 Å². The first-order chi connectivity index (χ1) is 6.53. The maximum Gasteiger partial charge on any atom is 0.151 e. The molecule has 84 valence electrons. The van der Waals surface area contributed by atoms with Crippen molar-refractivity contribution in [2.24, 2.45) is 0 Å². The number of aliphatic hydroxyl groups is 1. The van der Waals surface area contributed by atoms with Crippen LogP contribution in [0.5, 0.6) is 0 Å². The molecule has 5 heteroatoms. The lowest BCUT2D eigenvalue weighted by Crippen LogP contribution is -2.36. The lowest BCUT2D eigenvalue weighted by molar-refractivity contribution is 0.157. The van der Waals surface area contributed by atoms with Crippen molar-refractivity contribution in [3.05, 3.63) is 0 Å². The summed E-state index contributed by atoms with van der Waals surface area (Å²) in [4.78, 5) is 0. The SMILES string of the molecule is CCCC(O)CNC1CCS(=O)(=O)C1. The van der Waals surface area contributed by atoms with Crippen molar-refractivity contribution >= 4 is 9.84 Å². The van der Waals surface area contributed by atoms with Crippen LogP contribution in [0.2, 0.25) is 0 Å². The van der Waals surface area contributed by atoms with E-state index in [0.29, 0.717) is 13.0 Å². The van der Waals surface area contributed by atoms with E-state index in [9.17, 15) is 13.5 Å². The summed E-state index contributed by atoms with van der Waals surface area (Å²) in [5.74, 6) is 0.514. The van der Waals surface area contributed by atoms with Gasteiger partial charge in [0.25, 0.3) is 0 Å². The zero-order valence-corrected chi connectivity index (χ0v) is 9.39. The molecule has 4 nitrogen and oxygen atoms in total. The average molecular weight is 221 g/mol. The van der Waals surface area contributed by atoms with E-state index in [4.69, 9.17) is 0 Å². The van der Waals surface area contributed by atoms with E-state index in [1.807, 2.05) is 6.92 Å². The van der Waals surface area contributed by atoms with Gasteiger partial charge in [0.1, 0.15) is 0 Å². The fourth-order valence-corrected chi connectivity index (χ4v) is 3.40. The van der Waals surface area contributed by atoms with Gasteiger partial charge in [0.2, 0.25) is 0 Å². The zero-order chi connectivity index (χ0) is 10.6. The fourth-order valence-electron chi connectivity index (χ4n) is 1.69. The van der Waals surface area contributed by atoms with Crippen molar-refractivity contribution in [2.45, 2.75) is 38.3 Å². The minimum Gasteiger partial charge on any atom is -0.392 e. The molecule has 1 aliphatic heterocycles. The number of nitrogens with one attached hydrogen (secondary N) is 1. The van der Waals surface area contributed by atoms with Gasteiger partial charge in [0.05, 0.1) is 17.6 Å². The van der Waals surface area contributed by atoms with Crippen LogP contribution in [0, 0.1) is 0 Å². The highest BCUT2D eigenvalue weighted by Crippen LogP contribution is 2.11. The lowest BCUT2D eigenvalue weighted by atomic mass is 10.2. The Balaban J connectivity index is 2.20. The Bertz CT molecular complexity index is 263. The van der Waals surface area contributed by atoms with Gasteiger partial charge in [0, 0.05) is 12.6 Å². The topological polar surface area (TPSA) is 66.4 Å². The molecular weight excluding hydrogens is 202 g/mol. The Kier molecular flexibility index (Phi) is 4.34. The Morgan fingerprint density at radius 1 is 1.57 bits per heavy atom. The van der Waals surface area contributed by atoms with Gasteiger partial charge in [-0.3, -0.25) is 0 Å². The van der Waals surface area contributed by atoms with Crippen molar-refractivity contribution in [2.75, 3.05) is 18.1 Å². The van der Waals surface area contributed by atoms with E-state index in [-0.39, 0.29) is 23.7 Å². The van der Waals surface area contributed by atoms with Gasteiger partial charge in [-0.05, 0) is 12.8 Å². The second kappa shape index (κ2) is 5.09. The molecule has 0 aliphatic carbocycles. The molecular formula is C9H19NO3S. The standard InChI is InChI=1S/C9H19NO3S/c1-2-3-9(11)6-10-8-4-5-14(12,13)7-8/h8-11H,2-7H2,1H3. The summed E-state index contributed by atoms with van der Waals surface area (Å²) in [5, 5.41) is 12.5. The predicted molar refractivity (Wildman–Crippen MR) is 56.0 cm³/mol. The van der Waals surface area contributed by atoms with Crippen molar-refractivity contribution in [3.8, 4) is 0 Å². The molecule has 0 saturated carbocycles. The second-order valence-electron chi connectivity index (χ2n) is 3.95. The Hall–Kier alpha value is -0.130. The molecule has 2 atom stereocenters. The average Bonchev–Trinajstić information content (AvgIpc) is 2.43. The summed E-state index contributed by atoms with van der Waals surface area (Å²) >= 11 is 0. The number of hydrogen-bond acceptors (Lipinski definition) is 4. The number of aliphatic hydroxyl groups excluding tert-OH is 1. The Morgan fingerprint density at radius 3 is 2.79 bits per heavy atom. The van der Waals surface area contributed by atoms with Gasteiger partial charge in [-0.2, -0.15) is 0 Å². The van der Waals surface area contributed by atoms with Crippen LogP contribution in [0.1, 0.15) is 26.2 Å². The molecule has 1 heterocycles. The van der Waals surface area contributed by atoms with Crippen LogP contribution >= 0.6 is 0 Å². The third-order valence-electron chi connectivity index (χ3n) is 2.50. The van der Waals surface area contributed by atoms with E-state index < -0.39 is 9.84 Å². The summed E-state index contributed by atoms with van der Waals surface area (Å²) in [6, 6.07) is 0.0477. The summed E-state index contributed by atoms with van der Waals surface area (Å²) in [6.45, 7) is 2.53. The highest BCUT2D eigenvalue weighted by Gasteiger charge is 2.27. The predicted octanol–water partition coefficient (Wildman–Crippen LogP) is -0.0759. The first-order valence-electron chi connectivity index (χ1n) is 5.15. The summed E-state index contributed by atoms with van der Waals surface area (Å²) in [6.07, 6.45) is 2.06. The molecule has 0 spiro atoms. The molecule has 1 fully saturated rings. The lowest BCUT2D eigenvalue weighted by Gasteiger charge is -2.14. The zero-order valence-electron chi connectivity index (χ0n) is 8.57. The molecule has 0 aromatic rings. The van der Waals surface area contributed by atoms with Crippen LogP contribution in [0.3, 0.4) is 0 Å². The van der Waals surface area contributed by atoms with Crippen molar-refractivity contribution in [3.63, 3.8) is 0 Å². The highest BCUT2D eigenvalue weighted by atomic mass is 32.2. The Morgan fingerprint density at radius 2 is 2.29 bits per heavy atom. The van der Waals surface area contributed by atoms with E-state index in [1.54, 1.807) is 0 Å². The number of rotatable bonds is 5. The second-order valence-corrected chi connectivity index (χ2v) is 6.18. The summed E-state index contributed by atoms with van der Waals surface area (Å²) in [5.41, 5.74) is 0. The largest absolute Gasteiger partial charge is 0.392 e. The quantitative estimate of drug-likeness (QED) is 0.681. The third-order valence-corrected chi connectivity index (χ3v) is 4.26. The van der Waals surface area contributed by atoms with Gasteiger partial charge >= 0.3 is 0 Å². The van der Waals surface area contributed by atoms with Gasteiger partial charge < -0.3 is 10.4 Å². The first kappa shape index (κ1) is 11.9. The minimum absolute atomic E-state index is 0.0477. The normalized spacial score (nSPS) is 27.7. The van der Waals surface area contributed by atoms with E-state index in [0.717, 1.165) is 12.8 Å². The molecule has 2 unspecified atom stereocenters. The van der Waals surface area contributed by atoms with Crippen LogP contribution < -0.4 is 5.32 Å². The fraction of sp³-hybridized carbons (Fsp3) is 1.00. The molecule has 0 bridgehead atoms. The number of sulfone groups is 1. The molecule has 1 saturated heterocycles. The summed E-state index contributed by atoms with van der Waals surface area (Å²) in [7, 11) is -2.80. The van der Waals surface area contributed by atoms with Crippen molar-refractivity contribution in [1.29, 1.82) is 0 Å². The highest BCUT2D eigenvalue weighted by molar-refractivity contribution is 7.91. The minimum atomic E-state index is -2.80. The van der Waals surface area contributed by atoms with Crippen LogP contribution in [-0.2, 0) is 9.84 Å². The van der Waals surface area contributed by atoms with Gasteiger partial charge in [-0.15, -0.1) is 0 Å². The molecule has 0 aromatic heterocycles. The molecule has 1 aliphatic rings. The van der Waals surface area contributed by atoms with Gasteiger partial charge in [-0.1, -0.05) is 13.3 Å². The molecule has 0 amide bonds. The molecule has 0 aromatic carbocycles.